The minimum Gasteiger partial charge on any atom is -0.490 e. The highest BCUT2D eigenvalue weighted by molar-refractivity contribution is 5.44. The summed E-state index contributed by atoms with van der Waals surface area (Å²) < 4.78 is 5.85. The van der Waals surface area contributed by atoms with E-state index in [-0.39, 0.29) is 0 Å². The normalized spacial score (nSPS) is 25.4. The van der Waals surface area contributed by atoms with Gasteiger partial charge in [-0.15, -0.1) is 0 Å². The highest BCUT2D eigenvalue weighted by Gasteiger charge is 2.25. The number of hydrogen-bond acceptors (Lipinski definition) is 2. The topological polar surface area (TPSA) is 21.3 Å². The Kier molecular flexibility index (Phi) is 2.46. The van der Waals surface area contributed by atoms with E-state index in [1.165, 1.54) is 11.1 Å². The number of fused-ring (bicyclic) bond motifs is 1. The third-order valence-electron chi connectivity index (χ3n) is 2.85. The van der Waals surface area contributed by atoms with Gasteiger partial charge in [0.1, 0.15) is 5.75 Å². The molecule has 2 rings (SSSR count). The van der Waals surface area contributed by atoms with Crippen molar-refractivity contribution < 1.29 is 4.74 Å². The number of nitrogens with one attached hydrogen (secondary N) is 1. The molecule has 2 heteroatoms. The van der Waals surface area contributed by atoms with Crippen LogP contribution in [0.5, 0.6) is 5.75 Å². The Labute approximate surface area is 85.3 Å². The molecule has 76 valence electrons. The van der Waals surface area contributed by atoms with Gasteiger partial charge < -0.3 is 10.1 Å². The molecule has 0 amide bonds. The molecule has 1 aromatic carbocycles. The smallest absolute Gasteiger partial charge is 0.127 e. The first-order valence-electron chi connectivity index (χ1n) is 5.16. The molecule has 2 unspecified atom stereocenters. The average molecular weight is 191 g/mol. The second kappa shape index (κ2) is 3.62. The fourth-order valence-electron chi connectivity index (χ4n) is 2.09. The van der Waals surface area contributed by atoms with E-state index in [2.05, 4.69) is 37.4 Å². The van der Waals surface area contributed by atoms with Crippen LogP contribution < -0.4 is 10.1 Å². The molecule has 0 radical (unpaired) electrons. The molecular weight excluding hydrogens is 174 g/mol. The van der Waals surface area contributed by atoms with E-state index in [1.807, 2.05) is 7.05 Å². The van der Waals surface area contributed by atoms with Gasteiger partial charge in [-0.05, 0) is 26.5 Å². The molecule has 2 nitrogen and oxygen atoms in total. The molecule has 0 aliphatic carbocycles. The summed E-state index contributed by atoms with van der Waals surface area (Å²) in [4.78, 5) is 0. The zero-order valence-electron chi connectivity index (χ0n) is 9.00. The van der Waals surface area contributed by atoms with Gasteiger partial charge in [0, 0.05) is 18.0 Å². The molecule has 0 saturated heterocycles. The van der Waals surface area contributed by atoms with Crippen molar-refractivity contribution in [3.8, 4) is 5.75 Å². The van der Waals surface area contributed by atoms with Gasteiger partial charge in [-0.3, -0.25) is 0 Å². The van der Waals surface area contributed by atoms with Crippen LogP contribution in [0, 0.1) is 6.92 Å². The van der Waals surface area contributed by atoms with Crippen molar-refractivity contribution in [2.24, 2.45) is 0 Å². The van der Waals surface area contributed by atoms with Crippen LogP contribution in [0.4, 0.5) is 0 Å². The first-order chi connectivity index (χ1) is 6.72. The third-order valence-corrected chi connectivity index (χ3v) is 2.85. The van der Waals surface area contributed by atoms with Gasteiger partial charge >= 0.3 is 0 Å². The van der Waals surface area contributed by atoms with Gasteiger partial charge in [-0.2, -0.15) is 0 Å². The summed E-state index contributed by atoms with van der Waals surface area (Å²) in [7, 11) is 2.01. The number of ether oxygens (including phenoxy) is 1. The lowest BCUT2D eigenvalue weighted by Crippen LogP contribution is -2.29. The molecule has 0 spiro atoms. The van der Waals surface area contributed by atoms with Crippen molar-refractivity contribution in [1.29, 1.82) is 0 Å². The zero-order chi connectivity index (χ0) is 10.1. The monoisotopic (exact) mass is 191 g/mol. The molecular formula is C12H17NO. The number of para-hydroxylation sites is 1. The van der Waals surface area contributed by atoms with Crippen LogP contribution >= 0.6 is 0 Å². The largest absolute Gasteiger partial charge is 0.490 e. The second-order valence-electron chi connectivity index (χ2n) is 4.00. The minimum atomic E-state index is 0.307. The summed E-state index contributed by atoms with van der Waals surface area (Å²) in [6.45, 7) is 4.23. The summed E-state index contributed by atoms with van der Waals surface area (Å²) in [5.41, 5.74) is 2.53. The molecule has 1 N–H and O–H groups in total. The number of rotatable bonds is 1. The van der Waals surface area contributed by atoms with Crippen LogP contribution in [0.25, 0.3) is 0 Å². The average Bonchev–Trinajstić information content (AvgIpc) is 2.18. The molecule has 0 fully saturated rings. The molecule has 1 aliphatic rings. The van der Waals surface area contributed by atoms with Crippen molar-refractivity contribution in [2.75, 3.05) is 7.05 Å². The Hall–Kier alpha value is -1.02. The van der Waals surface area contributed by atoms with Gasteiger partial charge in [-0.1, -0.05) is 18.2 Å². The molecule has 0 saturated carbocycles. The number of aryl methyl sites for hydroxylation is 1. The Morgan fingerprint density at radius 2 is 2.21 bits per heavy atom. The lowest BCUT2D eigenvalue weighted by Gasteiger charge is -2.31. The Morgan fingerprint density at radius 3 is 2.93 bits per heavy atom. The van der Waals surface area contributed by atoms with E-state index in [0.29, 0.717) is 12.1 Å². The van der Waals surface area contributed by atoms with E-state index in [9.17, 15) is 0 Å². The maximum absolute atomic E-state index is 5.85. The highest BCUT2D eigenvalue weighted by Crippen LogP contribution is 2.36. The Morgan fingerprint density at radius 1 is 1.43 bits per heavy atom. The standard InChI is InChI=1S/C12H17NO/c1-8-5-4-6-10-11(13-3)7-9(2)14-12(8)10/h4-6,9,11,13H,7H2,1-3H3. The maximum Gasteiger partial charge on any atom is 0.127 e. The Balaban J connectivity index is 2.45. The fourth-order valence-corrected chi connectivity index (χ4v) is 2.09. The van der Waals surface area contributed by atoms with Crippen LogP contribution in [-0.4, -0.2) is 13.2 Å². The van der Waals surface area contributed by atoms with Crippen LogP contribution in [0.2, 0.25) is 0 Å². The zero-order valence-corrected chi connectivity index (χ0v) is 9.00. The highest BCUT2D eigenvalue weighted by atomic mass is 16.5. The lowest BCUT2D eigenvalue weighted by atomic mass is 9.95. The summed E-state index contributed by atoms with van der Waals surface area (Å²) in [6.07, 6.45) is 1.36. The van der Waals surface area contributed by atoms with Gasteiger partial charge in [0.15, 0.2) is 0 Å². The first kappa shape index (κ1) is 9.53. The SMILES string of the molecule is CNC1CC(C)Oc2c(C)cccc21. The second-order valence-corrected chi connectivity index (χ2v) is 4.00. The summed E-state index contributed by atoms with van der Waals surface area (Å²) in [6, 6.07) is 6.78. The first-order valence-corrected chi connectivity index (χ1v) is 5.16. The van der Waals surface area contributed by atoms with Crippen LogP contribution in [-0.2, 0) is 0 Å². The van der Waals surface area contributed by atoms with Crippen LogP contribution in [0.3, 0.4) is 0 Å². The third kappa shape index (κ3) is 1.50. The quantitative estimate of drug-likeness (QED) is 0.736. The Bertz CT molecular complexity index is 335. The van der Waals surface area contributed by atoms with E-state index in [4.69, 9.17) is 4.74 Å². The fraction of sp³-hybridized carbons (Fsp3) is 0.500. The predicted molar refractivity (Wildman–Crippen MR) is 57.7 cm³/mol. The molecule has 1 aromatic rings. The van der Waals surface area contributed by atoms with Crippen molar-refractivity contribution in [1.82, 2.24) is 5.32 Å². The van der Waals surface area contributed by atoms with E-state index < -0.39 is 0 Å². The predicted octanol–water partition coefficient (Wildman–Crippen LogP) is 2.43. The van der Waals surface area contributed by atoms with E-state index >= 15 is 0 Å². The number of benzene rings is 1. The van der Waals surface area contributed by atoms with Crippen molar-refractivity contribution in [2.45, 2.75) is 32.4 Å². The van der Waals surface area contributed by atoms with Crippen molar-refractivity contribution in [3.05, 3.63) is 29.3 Å². The number of hydrogen-bond donors (Lipinski definition) is 1. The van der Waals surface area contributed by atoms with Gasteiger partial charge in [-0.25, -0.2) is 0 Å². The van der Waals surface area contributed by atoms with Crippen molar-refractivity contribution >= 4 is 0 Å². The van der Waals surface area contributed by atoms with Gasteiger partial charge in [0.05, 0.1) is 6.10 Å². The van der Waals surface area contributed by atoms with Crippen LogP contribution in [0.15, 0.2) is 18.2 Å². The van der Waals surface area contributed by atoms with E-state index in [1.54, 1.807) is 0 Å². The van der Waals surface area contributed by atoms with Crippen LogP contribution in [0.1, 0.15) is 30.5 Å². The molecule has 1 aliphatic heterocycles. The summed E-state index contributed by atoms with van der Waals surface area (Å²) >= 11 is 0. The summed E-state index contributed by atoms with van der Waals surface area (Å²) in [5.74, 6) is 1.07. The molecule has 0 aromatic heterocycles. The van der Waals surface area contributed by atoms with Gasteiger partial charge in [0.2, 0.25) is 0 Å². The van der Waals surface area contributed by atoms with Crippen molar-refractivity contribution in [3.63, 3.8) is 0 Å². The molecule has 14 heavy (non-hydrogen) atoms. The molecule has 2 atom stereocenters. The maximum atomic E-state index is 5.85. The summed E-state index contributed by atoms with van der Waals surface area (Å²) in [5, 5.41) is 3.34. The molecule has 0 bridgehead atoms. The lowest BCUT2D eigenvalue weighted by molar-refractivity contribution is 0.168. The minimum absolute atomic E-state index is 0.307. The van der Waals surface area contributed by atoms with E-state index in [0.717, 1.165) is 12.2 Å². The molecule has 1 heterocycles. The van der Waals surface area contributed by atoms with Gasteiger partial charge in [0.25, 0.3) is 0 Å².